The number of methoxy groups -OCH3 is 2. The summed E-state index contributed by atoms with van der Waals surface area (Å²) in [7, 11) is 3.10. The van der Waals surface area contributed by atoms with E-state index in [2.05, 4.69) is 0 Å². The molecule has 2 heterocycles. The van der Waals surface area contributed by atoms with Crippen LogP contribution in [0.1, 0.15) is 19.8 Å². The molecule has 0 aromatic rings. The molecule has 2 aliphatic heterocycles. The van der Waals surface area contributed by atoms with Crippen LogP contribution in [0.25, 0.3) is 0 Å². The van der Waals surface area contributed by atoms with Gasteiger partial charge in [-0.05, 0) is 13.0 Å². The summed E-state index contributed by atoms with van der Waals surface area (Å²) in [5.41, 5.74) is -1.21. The zero-order chi connectivity index (χ0) is 11.1. The van der Waals surface area contributed by atoms with Gasteiger partial charge in [-0.1, -0.05) is 6.08 Å². The van der Waals surface area contributed by atoms with Gasteiger partial charge >= 0.3 is 0 Å². The van der Waals surface area contributed by atoms with Gasteiger partial charge < -0.3 is 14.2 Å². The molecule has 0 N–H and O–H groups in total. The molecular weight excluding hydrogens is 196 g/mol. The van der Waals surface area contributed by atoms with Gasteiger partial charge in [0.1, 0.15) is 11.4 Å². The van der Waals surface area contributed by atoms with Crippen LogP contribution < -0.4 is 0 Å². The van der Waals surface area contributed by atoms with Crippen molar-refractivity contribution in [2.24, 2.45) is 0 Å². The summed E-state index contributed by atoms with van der Waals surface area (Å²) in [5.74, 6) is 0.188. The summed E-state index contributed by atoms with van der Waals surface area (Å²) >= 11 is 0. The van der Waals surface area contributed by atoms with E-state index in [1.54, 1.807) is 14.2 Å². The minimum atomic E-state index is -0.729. The van der Waals surface area contributed by atoms with E-state index in [4.69, 9.17) is 14.2 Å². The molecule has 4 nitrogen and oxygen atoms in total. The van der Waals surface area contributed by atoms with Gasteiger partial charge in [0.25, 0.3) is 0 Å². The molecule has 1 saturated heterocycles. The molecular formula is C11H16O4. The molecule has 0 spiro atoms. The lowest BCUT2D eigenvalue weighted by Gasteiger charge is -2.40. The lowest BCUT2D eigenvalue weighted by atomic mass is 9.91. The van der Waals surface area contributed by atoms with Crippen molar-refractivity contribution in [2.75, 3.05) is 14.2 Å². The van der Waals surface area contributed by atoms with Gasteiger partial charge in [0.15, 0.2) is 6.29 Å². The van der Waals surface area contributed by atoms with Crippen LogP contribution in [-0.2, 0) is 19.0 Å². The van der Waals surface area contributed by atoms with E-state index in [-0.39, 0.29) is 5.78 Å². The molecule has 2 unspecified atom stereocenters. The van der Waals surface area contributed by atoms with Gasteiger partial charge in [0.2, 0.25) is 0 Å². The van der Waals surface area contributed by atoms with Crippen LogP contribution in [0.3, 0.4) is 0 Å². The van der Waals surface area contributed by atoms with Crippen LogP contribution in [-0.4, -0.2) is 37.5 Å². The van der Waals surface area contributed by atoms with E-state index in [1.165, 1.54) is 0 Å². The van der Waals surface area contributed by atoms with E-state index in [0.717, 1.165) is 0 Å². The monoisotopic (exact) mass is 212 g/mol. The molecule has 2 aliphatic rings. The Hall–Kier alpha value is -0.710. The normalized spacial score (nSPS) is 39.1. The maximum atomic E-state index is 11.6. The second kappa shape index (κ2) is 3.40. The van der Waals surface area contributed by atoms with Crippen molar-refractivity contribution in [1.82, 2.24) is 0 Å². The summed E-state index contributed by atoms with van der Waals surface area (Å²) in [5, 5.41) is 0. The topological polar surface area (TPSA) is 44.8 Å². The fourth-order valence-corrected chi connectivity index (χ4v) is 2.48. The number of ketones is 1. The fourth-order valence-electron chi connectivity index (χ4n) is 2.48. The number of hydrogen-bond acceptors (Lipinski definition) is 4. The first-order valence-corrected chi connectivity index (χ1v) is 5.01. The molecule has 4 heteroatoms. The molecule has 0 aliphatic carbocycles. The third kappa shape index (κ3) is 1.62. The van der Waals surface area contributed by atoms with Crippen molar-refractivity contribution >= 4 is 5.78 Å². The smallest absolute Gasteiger partial charge is 0.190 e. The minimum absolute atomic E-state index is 0.188. The number of hydrogen-bond donors (Lipinski definition) is 0. The maximum absolute atomic E-state index is 11.6. The SMILES string of the molecule is COC(OC)C12C=CC(C)(CC(=O)C1)O2. The molecule has 2 atom stereocenters. The number of Topliss-reactive ketones (excluding diaryl/α,β-unsaturated/α-hetero) is 1. The maximum Gasteiger partial charge on any atom is 0.190 e. The van der Waals surface area contributed by atoms with Crippen LogP contribution in [0.2, 0.25) is 0 Å². The Morgan fingerprint density at radius 2 is 2.00 bits per heavy atom. The first-order valence-electron chi connectivity index (χ1n) is 5.01. The Labute approximate surface area is 89.2 Å². The molecule has 2 bridgehead atoms. The Morgan fingerprint density at radius 1 is 1.33 bits per heavy atom. The zero-order valence-corrected chi connectivity index (χ0v) is 9.28. The predicted octanol–water partition coefficient (Wildman–Crippen LogP) is 1.05. The second-order valence-corrected chi connectivity index (χ2v) is 4.40. The molecule has 15 heavy (non-hydrogen) atoms. The van der Waals surface area contributed by atoms with E-state index >= 15 is 0 Å². The molecule has 2 rings (SSSR count). The Balaban J connectivity index is 2.29. The summed E-state index contributed by atoms with van der Waals surface area (Å²) in [6, 6.07) is 0. The van der Waals surface area contributed by atoms with Gasteiger partial charge in [-0.2, -0.15) is 0 Å². The third-order valence-electron chi connectivity index (χ3n) is 2.99. The zero-order valence-electron chi connectivity index (χ0n) is 9.28. The highest BCUT2D eigenvalue weighted by molar-refractivity contribution is 5.83. The second-order valence-electron chi connectivity index (χ2n) is 4.40. The highest BCUT2D eigenvalue weighted by Crippen LogP contribution is 2.44. The molecule has 0 amide bonds. The van der Waals surface area contributed by atoms with Gasteiger partial charge in [0, 0.05) is 27.1 Å². The standard InChI is InChI=1S/C11H16O4/c1-10-4-5-11(15-10,7-8(12)6-10)9(13-2)14-3/h4-5,9H,6-7H2,1-3H3. The average molecular weight is 212 g/mol. The highest BCUT2D eigenvalue weighted by Gasteiger charge is 2.53. The van der Waals surface area contributed by atoms with Crippen molar-refractivity contribution < 1.29 is 19.0 Å². The number of carbonyl (C=O) groups is 1. The molecule has 84 valence electrons. The lowest BCUT2D eigenvalue weighted by molar-refractivity contribution is -0.242. The summed E-state index contributed by atoms with van der Waals surface area (Å²) in [6.07, 6.45) is 4.06. The minimum Gasteiger partial charge on any atom is -0.354 e. The van der Waals surface area contributed by atoms with Crippen LogP contribution in [0, 0.1) is 0 Å². The van der Waals surface area contributed by atoms with Crippen molar-refractivity contribution in [3.8, 4) is 0 Å². The molecule has 0 aromatic heterocycles. The van der Waals surface area contributed by atoms with Gasteiger partial charge in [-0.15, -0.1) is 0 Å². The lowest BCUT2D eigenvalue weighted by Crippen LogP contribution is -2.52. The Bertz CT molecular complexity index is 308. The quantitative estimate of drug-likeness (QED) is 0.518. The number of ether oxygens (including phenoxy) is 3. The first-order chi connectivity index (χ1) is 7.03. The third-order valence-corrected chi connectivity index (χ3v) is 2.99. The van der Waals surface area contributed by atoms with E-state index in [9.17, 15) is 4.79 Å². The average Bonchev–Trinajstić information content (AvgIpc) is 2.39. The van der Waals surface area contributed by atoms with Crippen LogP contribution in [0.4, 0.5) is 0 Å². The molecule has 0 saturated carbocycles. The predicted molar refractivity (Wildman–Crippen MR) is 53.4 cm³/mol. The summed E-state index contributed by atoms with van der Waals surface area (Å²) in [4.78, 5) is 11.6. The largest absolute Gasteiger partial charge is 0.354 e. The van der Waals surface area contributed by atoms with E-state index in [1.807, 2.05) is 19.1 Å². The Morgan fingerprint density at radius 3 is 2.60 bits per heavy atom. The van der Waals surface area contributed by atoms with Gasteiger partial charge in [-0.3, -0.25) is 4.79 Å². The van der Waals surface area contributed by atoms with E-state index < -0.39 is 17.5 Å². The summed E-state index contributed by atoms with van der Waals surface area (Å²) in [6.45, 7) is 1.91. The van der Waals surface area contributed by atoms with Crippen molar-refractivity contribution in [2.45, 2.75) is 37.3 Å². The highest BCUT2D eigenvalue weighted by atomic mass is 16.7. The first kappa shape index (κ1) is 10.8. The molecule has 1 fully saturated rings. The molecule has 0 aromatic carbocycles. The Kier molecular flexibility index (Phi) is 2.45. The van der Waals surface area contributed by atoms with Gasteiger partial charge in [0.05, 0.1) is 5.60 Å². The van der Waals surface area contributed by atoms with Crippen molar-refractivity contribution in [3.63, 3.8) is 0 Å². The van der Waals surface area contributed by atoms with Crippen molar-refractivity contribution in [3.05, 3.63) is 12.2 Å². The van der Waals surface area contributed by atoms with Crippen LogP contribution in [0.15, 0.2) is 12.2 Å². The molecule has 0 radical (unpaired) electrons. The number of fused-ring (bicyclic) bond motifs is 2. The fraction of sp³-hybridized carbons (Fsp3) is 0.727. The van der Waals surface area contributed by atoms with Gasteiger partial charge in [-0.25, -0.2) is 0 Å². The van der Waals surface area contributed by atoms with Crippen LogP contribution in [0.5, 0.6) is 0 Å². The number of carbonyl (C=O) groups excluding carboxylic acids is 1. The van der Waals surface area contributed by atoms with Crippen molar-refractivity contribution in [1.29, 1.82) is 0 Å². The summed E-state index contributed by atoms with van der Waals surface area (Å²) < 4.78 is 16.3. The van der Waals surface area contributed by atoms with E-state index in [0.29, 0.717) is 12.8 Å². The van der Waals surface area contributed by atoms with Crippen LogP contribution >= 0.6 is 0 Å². The number of rotatable bonds is 3.